The fourth-order valence-corrected chi connectivity index (χ4v) is 3.88. The quantitative estimate of drug-likeness (QED) is 0.631. The lowest BCUT2D eigenvalue weighted by atomic mass is 9.91. The molecule has 8 nitrogen and oxygen atoms in total. The number of carbonyl (C=O) groups is 1. The molecule has 1 aliphatic rings. The molecule has 0 radical (unpaired) electrons. The summed E-state index contributed by atoms with van der Waals surface area (Å²) in [4.78, 5) is 25.3. The van der Waals surface area contributed by atoms with E-state index < -0.39 is 23.0 Å². The predicted molar refractivity (Wildman–Crippen MR) is 107 cm³/mol. The standard InChI is InChI=1S/C20H26FN3O5/c1-3-6-24-11-17(29-19(26)27)18(25)13-9-14(21)16(10-15(13)24)23-7-4-20(28,5-8-23)12-22-2/h9-11,22,28H,3-8,12H2,1-2H3,(H,26,27). The SMILES string of the molecule is CCCn1cc(OC(=O)O)c(=O)c2cc(F)c(N3CCC(O)(CNC)CC3)cc21. The van der Waals surface area contributed by atoms with Gasteiger partial charge >= 0.3 is 6.16 Å². The van der Waals surface area contributed by atoms with Gasteiger partial charge in [-0.05, 0) is 38.4 Å². The van der Waals surface area contributed by atoms with E-state index in [0.29, 0.717) is 50.2 Å². The van der Waals surface area contributed by atoms with Crippen LogP contribution in [0.4, 0.5) is 14.9 Å². The van der Waals surface area contributed by atoms with E-state index in [-0.39, 0.29) is 11.1 Å². The second-order valence-corrected chi connectivity index (χ2v) is 7.45. The third-order valence-corrected chi connectivity index (χ3v) is 5.32. The molecule has 2 aromatic rings. The van der Waals surface area contributed by atoms with Crippen LogP contribution < -0.4 is 20.4 Å². The molecule has 1 fully saturated rings. The first-order valence-electron chi connectivity index (χ1n) is 9.67. The Labute approximate surface area is 167 Å². The Kier molecular flexibility index (Phi) is 6.09. The number of likely N-dealkylation sites (N-methyl/N-ethyl adjacent to an activating group) is 1. The Morgan fingerprint density at radius 3 is 2.62 bits per heavy atom. The highest BCUT2D eigenvalue weighted by Gasteiger charge is 2.32. The van der Waals surface area contributed by atoms with Crippen LogP contribution in [-0.4, -0.2) is 53.2 Å². The van der Waals surface area contributed by atoms with Crippen molar-refractivity contribution in [3.05, 3.63) is 34.4 Å². The minimum absolute atomic E-state index is 0.0714. The van der Waals surface area contributed by atoms with Crippen molar-refractivity contribution in [3.63, 3.8) is 0 Å². The smallest absolute Gasteiger partial charge is 0.449 e. The molecule has 0 atom stereocenters. The minimum atomic E-state index is -1.59. The number of carboxylic acid groups (broad SMARTS) is 1. The maximum atomic E-state index is 14.9. The van der Waals surface area contributed by atoms with E-state index in [2.05, 4.69) is 10.1 Å². The number of pyridine rings is 1. The first-order chi connectivity index (χ1) is 13.8. The normalized spacial score (nSPS) is 16.2. The number of aryl methyl sites for hydroxylation is 1. The molecule has 29 heavy (non-hydrogen) atoms. The van der Waals surface area contributed by atoms with Crippen LogP contribution in [0.5, 0.6) is 5.75 Å². The van der Waals surface area contributed by atoms with Crippen molar-refractivity contribution in [2.24, 2.45) is 0 Å². The van der Waals surface area contributed by atoms with Crippen molar-refractivity contribution < 1.29 is 24.1 Å². The molecule has 1 aromatic heterocycles. The fraction of sp³-hybridized carbons (Fsp3) is 0.500. The molecule has 0 amide bonds. The second kappa shape index (κ2) is 8.38. The first-order valence-corrected chi connectivity index (χ1v) is 9.67. The Balaban J connectivity index is 2.03. The zero-order valence-corrected chi connectivity index (χ0v) is 16.6. The Bertz CT molecular complexity index is 967. The van der Waals surface area contributed by atoms with Gasteiger partial charge in [0.25, 0.3) is 0 Å². The van der Waals surface area contributed by atoms with Crippen molar-refractivity contribution in [3.8, 4) is 5.75 Å². The number of benzene rings is 1. The van der Waals surface area contributed by atoms with Crippen molar-refractivity contribution >= 4 is 22.7 Å². The number of ether oxygens (including phenoxy) is 1. The number of halogens is 1. The second-order valence-electron chi connectivity index (χ2n) is 7.45. The van der Waals surface area contributed by atoms with Gasteiger partial charge in [0.1, 0.15) is 5.82 Å². The highest BCUT2D eigenvalue weighted by Crippen LogP contribution is 2.31. The zero-order chi connectivity index (χ0) is 21.2. The van der Waals surface area contributed by atoms with Crippen LogP contribution in [-0.2, 0) is 6.54 Å². The van der Waals surface area contributed by atoms with Crippen molar-refractivity contribution in [1.82, 2.24) is 9.88 Å². The van der Waals surface area contributed by atoms with E-state index in [1.807, 2.05) is 11.8 Å². The number of hydrogen-bond acceptors (Lipinski definition) is 6. The molecule has 0 spiro atoms. The minimum Gasteiger partial charge on any atom is -0.449 e. The Morgan fingerprint density at radius 2 is 2.03 bits per heavy atom. The molecule has 2 heterocycles. The molecular weight excluding hydrogens is 381 g/mol. The molecule has 0 unspecified atom stereocenters. The van der Waals surface area contributed by atoms with Crippen molar-refractivity contribution in [2.75, 3.05) is 31.6 Å². The van der Waals surface area contributed by atoms with Crippen LogP contribution in [0, 0.1) is 5.82 Å². The molecule has 3 N–H and O–H groups in total. The van der Waals surface area contributed by atoms with Gasteiger partial charge in [-0.3, -0.25) is 4.79 Å². The highest BCUT2D eigenvalue weighted by atomic mass is 19.1. The molecule has 1 aromatic carbocycles. The zero-order valence-electron chi connectivity index (χ0n) is 16.6. The molecule has 3 rings (SSSR count). The summed E-state index contributed by atoms with van der Waals surface area (Å²) in [6.07, 6.45) is 1.49. The number of nitrogens with zero attached hydrogens (tertiary/aromatic N) is 2. The van der Waals surface area contributed by atoms with Crippen LogP contribution in [0.1, 0.15) is 26.2 Å². The molecule has 0 bridgehead atoms. The van der Waals surface area contributed by atoms with E-state index in [0.717, 1.165) is 12.5 Å². The van der Waals surface area contributed by atoms with E-state index >= 15 is 0 Å². The molecule has 158 valence electrons. The number of rotatable bonds is 6. The summed E-state index contributed by atoms with van der Waals surface area (Å²) < 4.78 is 21.2. The van der Waals surface area contributed by atoms with Gasteiger partial charge in [-0.25, -0.2) is 9.18 Å². The molecule has 9 heteroatoms. The number of aliphatic hydroxyl groups is 1. The van der Waals surface area contributed by atoms with E-state index in [1.54, 1.807) is 17.7 Å². The van der Waals surface area contributed by atoms with Gasteiger partial charge in [-0.1, -0.05) is 6.92 Å². The van der Waals surface area contributed by atoms with Crippen molar-refractivity contribution in [2.45, 2.75) is 38.3 Å². The molecular formula is C20H26FN3O5. The van der Waals surface area contributed by atoms with Crippen LogP contribution in [0.3, 0.4) is 0 Å². The monoisotopic (exact) mass is 407 g/mol. The van der Waals surface area contributed by atoms with Crippen molar-refractivity contribution in [1.29, 1.82) is 0 Å². The lowest BCUT2D eigenvalue weighted by Crippen LogP contribution is -2.49. The lowest BCUT2D eigenvalue weighted by Gasteiger charge is -2.39. The fourth-order valence-electron chi connectivity index (χ4n) is 3.88. The summed E-state index contributed by atoms with van der Waals surface area (Å²) in [7, 11) is 1.78. The summed E-state index contributed by atoms with van der Waals surface area (Å²) in [5, 5.41) is 22.4. The Morgan fingerprint density at radius 1 is 1.34 bits per heavy atom. The summed E-state index contributed by atoms with van der Waals surface area (Å²) >= 11 is 0. The molecule has 1 aliphatic heterocycles. The summed E-state index contributed by atoms with van der Waals surface area (Å²) in [6.45, 7) is 3.90. The predicted octanol–water partition coefficient (Wildman–Crippen LogP) is 2.16. The van der Waals surface area contributed by atoms with Gasteiger partial charge in [0.05, 0.1) is 28.4 Å². The number of hydrogen-bond donors (Lipinski definition) is 3. The third kappa shape index (κ3) is 4.35. The largest absolute Gasteiger partial charge is 0.511 e. The van der Waals surface area contributed by atoms with Gasteiger partial charge in [-0.2, -0.15) is 0 Å². The average molecular weight is 407 g/mol. The molecule has 0 saturated carbocycles. The van der Waals surface area contributed by atoms with Crippen LogP contribution >= 0.6 is 0 Å². The van der Waals surface area contributed by atoms with Crippen LogP contribution in [0.2, 0.25) is 0 Å². The highest BCUT2D eigenvalue weighted by molar-refractivity contribution is 5.85. The summed E-state index contributed by atoms with van der Waals surface area (Å²) in [5.41, 5.74) is -0.601. The number of anilines is 1. The Hall–Kier alpha value is -2.65. The average Bonchev–Trinajstić information content (AvgIpc) is 2.66. The lowest BCUT2D eigenvalue weighted by molar-refractivity contribution is 0.0184. The maximum absolute atomic E-state index is 14.9. The van der Waals surface area contributed by atoms with Crippen LogP contribution in [0.15, 0.2) is 23.1 Å². The third-order valence-electron chi connectivity index (χ3n) is 5.32. The summed E-state index contributed by atoms with van der Waals surface area (Å²) in [6, 6.07) is 2.76. The van der Waals surface area contributed by atoms with Gasteiger partial charge in [0.15, 0.2) is 5.75 Å². The van der Waals surface area contributed by atoms with E-state index in [4.69, 9.17) is 5.11 Å². The molecule has 0 aliphatic carbocycles. The maximum Gasteiger partial charge on any atom is 0.511 e. The first kappa shape index (κ1) is 21.1. The summed E-state index contributed by atoms with van der Waals surface area (Å²) in [5.74, 6) is -0.912. The van der Waals surface area contributed by atoms with Gasteiger partial charge in [-0.15, -0.1) is 0 Å². The van der Waals surface area contributed by atoms with Gasteiger partial charge < -0.3 is 29.7 Å². The van der Waals surface area contributed by atoms with Crippen LogP contribution in [0.25, 0.3) is 10.9 Å². The molecule has 1 saturated heterocycles. The van der Waals surface area contributed by atoms with Gasteiger partial charge in [0, 0.05) is 26.2 Å². The number of piperidine rings is 1. The topological polar surface area (TPSA) is 104 Å². The number of aromatic nitrogens is 1. The van der Waals surface area contributed by atoms with E-state index in [9.17, 15) is 19.1 Å². The van der Waals surface area contributed by atoms with E-state index in [1.165, 1.54) is 6.20 Å². The number of fused-ring (bicyclic) bond motifs is 1. The number of nitrogens with one attached hydrogen (secondary N) is 1. The van der Waals surface area contributed by atoms with Gasteiger partial charge in [0.2, 0.25) is 5.43 Å².